The van der Waals surface area contributed by atoms with E-state index in [1.165, 1.54) is 29.2 Å². The molecule has 3 aromatic carbocycles. The van der Waals surface area contributed by atoms with Crippen LogP contribution in [0.4, 0.5) is 21.5 Å². The third-order valence-corrected chi connectivity index (χ3v) is 9.97. The SMILES string of the molecule is O=C(O)c1ccc(N2CC[C@H]3[C@@H](C2=O)[C@H](c2cccc(Cl)c2F)[C@]2(C(=O)Nc4cc(Cl)ccc42)N3CC2CC2)c([N+](=O)[O-])c1. The first-order valence-electron chi connectivity index (χ1n) is 14.2. The molecule has 44 heavy (non-hydrogen) atoms. The number of carboxylic acids is 1. The van der Waals surface area contributed by atoms with E-state index in [-0.39, 0.29) is 34.3 Å². The Morgan fingerprint density at radius 1 is 1.11 bits per heavy atom. The van der Waals surface area contributed by atoms with Crippen molar-refractivity contribution in [3.05, 3.63) is 97.3 Å². The topological polar surface area (TPSA) is 133 Å². The molecule has 0 radical (unpaired) electrons. The molecule has 7 rings (SSSR count). The summed E-state index contributed by atoms with van der Waals surface area (Å²) in [5.74, 6) is -4.79. The number of halogens is 3. The van der Waals surface area contributed by atoms with Gasteiger partial charge in [-0.25, -0.2) is 9.18 Å². The summed E-state index contributed by atoms with van der Waals surface area (Å²) < 4.78 is 16.1. The molecule has 1 aliphatic carbocycles. The maximum atomic E-state index is 16.1. The first kappa shape index (κ1) is 28.7. The average molecular weight is 639 g/mol. The number of aromatic carboxylic acids is 1. The molecule has 3 aromatic rings. The molecule has 3 aliphatic heterocycles. The highest BCUT2D eigenvalue weighted by molar-refractivity contribution is 6.31. The standard InChI is InChI=1S/C31H25Cl2FN4O6/c32-17-7-8-19-21(13-17)35-30(42)31(19)26(18-2-1-3-20(33)27(18)34)25-23(37(31)14-15-4-5-15)10-11-36(28(25)39)22-9-6-16(29(40)41)12-24(22)38(43)44/h1-3,6-9,12-13,15,23,25-26H,4-5,10-11,14H2,(H,35,42)(H,40,41)/t23-,25+,26-,31+/m0/s1. The first-order valence-corrected chi connectivity index (χ1v) is 14.9. The number of carbonyl (C=O) groups is 3. The van der Waals surface area contributed by atoms with E-state index in [9.17, 15) is 29.6 Å². The van der Waals surface area contributed by atoms with Gasteiger partial charge in [0.1, 0.15) is 17.0 Å². The predicted molar refractivity (Wildman–Crippen MR) is 160 cm³/mol. The van der Waals surface area contributed by atoms with Crippen molar-refractivity contribution >= 4 is 58.0 Å². The summed E-state index contributed by atoms with van der Waals surface area (Å²) in [4.78, 5) is 55.3. The third kappa shape index (κ3) is 4.13. The smallest absolute Gasteiger partial charge is 0.335 e. The minimum Gasteiger partial charge on any atom is -0.478 e. The van der Waals surface area contributed by atoms with Crippen LogP contribution in [0.1, 0.15) is 46.7 Å². The maximum absolute atomic E-state index is 16.1. The van der Waals surface area contributed by atoms with Crippen LogP contribution in [0.5, 0.6) is 0 Å². The van der Waals surface area contributed by atoms with E-state index in [0.29, 0.717) is 29.2 Å². The summed E-state index contributed by atoms with van der Waals surface area (Å²) in [5.41, 5.74) is -1.26. The Morgan fingerprint density at radius 2 is 1.89 bits per heavy atom. The lowest BCUT2D eigenvalue weighted by Crippen LogP contribution is -2.54. The highest BCUT2D eigenvalue weighted by Crippen LogP contribution is 2.62. The third-order valence-electron chi connectivity index (χ3n) is 9.44. The number of carboxylic acid groups (broad SMARTS) is 1. The molecule has 13 heteroatoms. The van der Waals surface area contributed by atoms with Crippen LogP contribution in [0.2, 0.25) is 10.0 Å². The minimum atomic E-state index is -1.49. The lowest BCUT2D eigenvalue weighted by atomic mass is 9.70. The van der Waals surface area contributed by atoms with Gasteiger partial charge in [0, 0.05) is 47.4 Å². The monoisotopic (exact) mass is 638 g/mol. The average Bonchev–Trinajstić information content (AvgIpc) is 3.70. The molecule has 3 heterocycles. The maximum Gasteiger partial charge on any atom is 0.335 e. The van der Waals surface area contributed by atoms with E-state index in [4.69, 9.17) is 23.2 Å². The zero-order chi connectivity index (χ0) is 31.1. The number of amides is 2. The number of carbonyl (C=O) groups excluding carboxylic acids is 2. The summed E-state index contributed by atoms with van der Waals surface area (Å²) in [6.07, 6.45) is 2.24. The van der Waals surface area contributed by atoms with Gasteiger partial charge in [-0.15, -0.1) is 0 Å². The van der Waals surface area contributed by atoms with Crippen LogP contribution in [0.3, 0.4) is 0 Å². The van der Waals surface area contributed by atoms with Gasteiger partial charge in [0.05, 0.1) is 21.4 Å². The molecule has 2 N–H and O–H groups in total. The molecule has 0 aromatic heterocycles. The number of fused-ring (bicyclic) bond motifs is 3. The number of benzene rings is 3. The number of rotatable bonds is 6. The van der Waals surface area contributed by atoms with Crippen LogP contribution in [0.15, 0.2) is 54.6 Å². The van der Waals surface area contributed by atoms with E-state index >= 15 is 4.39 Å². The van der Waals surface area contributed by atoms with Crippen molar-refractivity contribution in [3.8, 4) is 0 Å². The van der Waals surface area contributed by atoms with Crippen molar-refractivity contribution in [2.75, 3.05) is 23.3 Å². The highest BCUT2D eigenvalue weighted by atomic mass is 35.5. The summed E-state index contributed by atoms with van der Waals surface area (Å²) in [5, 5.41) is 24.7. The second-order valence-electron chi connectivity index (χ2n) is 11.8. The van der Waals surface area contributed by atoms with Crippen LogP contribution < -0.4 is 10.2 Å². The van der Waals surface area contributed by atoms with Gasteiger partial charge in [0.25, 0.3) is 5.69 Å². The van der Waals surface area contributed by atoms with Crippen molar-refractivity contribution in [1.82, 2.24) is 4.90 Å². The van der Waals surface area contributed by atoms with E-state index in [1.807, 2.05) is 4.90 Å². The Hall–Kier alpha value is -4.06. The molecule has 1 saturated carbocycles. The van der Waals surface area contributed by atoms with E-state index in [0.717, 1.165) is 18.9 Å². The van der Waals surface area contributed by atoms with Crippen molar-refractivity contribution in [2.45, 2.75) is 36.8 Å². The fraction of sp³-hybridized carbons (Fsp3) is 0.323. The molecule has 2 saturated heterocycles. The largest absolute Gasteiger partial charge is 0.478 e. The predicted octanol–water partition coefficient (Wildman–Crippen LogP) is 5.82. The molecule has 0 bridgehead atoms. The van der Waals surface area contributed by atoms with Gasteiger partial charge in [0.15, 0.2) is 0 Å². The molecular weight excluding hydrogens is 614 g/mol. The number of nitrogens with zero attached hydrogens (tertiary/aromatic N) is 3. The summed E-state index contributed by atoms with van der Waals surface area (Å²) in [6, 6.07) is 12.4. The van der Waals surface area contributed by atoms with Crippen molar-refractivity contribution < 1.29 is 28.8 Å². The fourth-order valence-electron chi connectivity index (χ4n) is 7.50. The van der Waals surface area contributed by atoms with Gasteiger partial charge < -0.3 is 15.3 Å². The first-order chi connectivity index (χ1) is 21.0. The summed E-state index contributed by atoms with van der Waals surface area (Å²) in [6.45, 7) is 0.570. The van der Waals surface area contributed by atoms with Crippen molar-refractivity contribution in [1.29, 1.82) is 0 Å². The minimum absolute atomic E-state index is 0.0634. The molecule has 1 spiro atoms. The zero-order valence-corrected chi connectivity index (χ0v) is 24.5. The molecule has 10 nitrogen and oxygen atoms in total. The zero-order valence-electron chi connectivity index (χ0n) is 23.0. The summed E-state index contributed by atoms with van der Waals surface area (Å²) in [7, 11) is 0. The van der Waals surface area contributed by atoms with Crippen LogP contribution in [-0.4, -0.2) is 51.8 Å². The van der Waals surface area contributed by atoms with E-state index < -0.39 is 57.6 Å². The Kier molecular flexibility index (Phi) is 6.69. The normalized spacial score (nSPS) is 26.1. The van der Waals surface area contributed by atoms with Gasteiger partial charge in [0.2, 0.25) is 11.8 Å². The Morgan fingerprint density at radius 3 is 2.59 bits per heavy atom. The molecule has 2 amide bonds. The van der Waals surface area contributed by atoms with Gasteiger partial charge in [-0.3, -0.25) is 24.6 Å². The van der Waals surface area contributed by atoms with Crippen molar-refractivity contribution in [3.63, 3.8) is 0 Å². The number of piperidine rings is 1. The van der Waals surface area contributed by atoms with Gasteiger partial charge in [-0.2, -0.15) is 0 Å². The molecule has 4 aliphatic rings. The van der Waals surface area contributed by atoms with E-state index in [1.54, 1.807) is 24.3 Å². The van der Waals surface area contributed by atoms with Crippen LogP contribution in [-0.2, 0) is 15.1 Å². The lowest BCUT2D eigenvalue weighted by Gasteiger charge is -2.40. The van der Waals surface area contributed by atoms with Crippen LogP contribution in [0, 0.1) is 27.8 Å². The van der Waals surface area contributed by atoms with Gasteiger partial charge in [-0.1, -0.05) is 41.4 Å². The number of likely N-dealkylation sites (tertiary alicyclic amines) is 1. The van der Waals surface area contributed by atoms with Crippen LogP contribution >= 0.6 is 23.2 Å². The number of anilines is 2. The van der Waals surface area contributed by atoms with Crippen molar-refractivity contribution in [2.24, 2.45) is 11.8 Å². The Labute approximate surface area is 260 Å². The molecule has 4 atom stereocenters. The molecular formula is C31H25Cl2FN4O6. The number of nitro groups is 1. The lowest BCUT2D eigenvalue weighted by molar-refractivity contribution is -0.384. The number of nitrogens with one attached hydrogen (secondary N) is 1. The molecule has 0 unspecified atom stereocenters. The summed E-state index contributed by atoms with van der Waals surface area (Å²) >= 11 is 12.6. The Balaban J connectivity index is 1.45. The Bertz CT molecular complexity index is 1780. The quantitative estimate of drug-likeness (QED) is 0.257. The molecule has 3 fully saturated rings. The van der Waals surface area contributed by atoms with Gasteiger partial charge in [-0.05, 0) is 61.1 Å². The van der Waals surface area contributed by atoms with Crippen LogP contribution in [0.25, 0.3) is 0 Å². The fourth-order valence-corrected chi connectivity index (χ4v) is 7.86. The second kappa shape index (κ2) is 10.3. The molecule has 226 valence electrons. The number of nitro benzene ring substituents is 1. The van der Waals surface area contributed by atoms with E-state index in [2.05, 4.69) is 5.32 Å². The second-order valence-corrected chi connectivity index (χ2v) is 12.6. The number of hydrogen-bond donors (Lipinski definition) is 2. The number of hydrogen-bond acceptors (Lipinski definition) is 6. The van der Waals surface area contributed by atoms with Gasteiger partial charge >= 0.3 is 5.97 Å². The highest BCUT2D eigenvalue weighted by Gasteiger charge is 2.70.